The van der Waals surface area contributed by atoms with Crippen molar-refractivity contribution < 1.29 is 4.42 Å². The predicted octanol–water partition coefficient (Wildman–Crippen LogP) is 21.4. The van der Waals surface area contributed by atoms with E-state index >= 15 is 0 Å². The van der Waals surface area contributed by atoms with Crippen molar-refractivity contribution in [1.82, 2.24) is 41.5 Å². The number of para-hydroxylation sites is 8. The molecule has 13 heteroatoms. The molecule has 0 saturated heterocycles. The Kier molecular flexibility index (Phi) is 13.9. The molecule has 0 aliphatic carbocycles. The third kappa shape index (κ3) is 8.89. The molecular formula is C103H65N9OSSi2. The summed E-state index contributed by atoms with van der Waals surface area (Å²) in [6.45, 7) is 0. The first-order valence-corrected chi connectivity index (χ1v) is 44.2. The van der Waals surface area contributed by atoms with Crippen LogP contribution in [0.1, 0.15) is 0 Å². The normalized spacial score (nSPS) is 12.5. The van der Waals surface area contributed by atoms with Gasteiger partial charge in [-0.05, 0) is 153 Å². The lowest BCUT2D eigenvalue weighted by Crippen LogP contribution is -2.73. The van der Waals surface area contributed by atoms with Gasteiger partial charge in [0.25, 0.3) is 16.5 Å². The lowest BCUT2D eigenvalue weighted by molar-refractivity contribution is 0.671. The molecule has 15 aromatic carbocycles. The van der Waals surface area contributed by atoms with Crippen molar-refractivity contribution in [3.63, 3.8) is 0 Å². The average molecular weight is 1530 g/mol. The molecule has 10 nitrogen and oxygen atoms in total. The van der Waals surface area contributed by atoms with Crippen LogP contribution in [0.15, 0.2) is 399 Å². The van der Waals surface area contributed by atoms with E-state index in [1.54, 1.807) is 0 Å². The largest absolute Gasteiger partial charge is 0.456 e. The summed E-state index contributed by atoms with van der Waals surface area (Å²) in [7, 11) is -7.25. The highest BCUT2D eigenvalue weighted by molar-refractivity contribution is 7.26. The zero-order valence-corrected chi connectivity index (χ0v) is 65.2. The summed E-state index contributed by atoms with van der Waals surface area (Å²) in [6, 6.07) is 141. The van der Waals surface area contributed by atoms with Gasteiger partial charge in [0.15, 0.2) is 0 Å². The van der Waals surface area contributed by atoms with Crippen molar-refractivity contribution in [3.8, 4) is 28.2 Å². The number of benzene rings is 15. The molecule has 0 unspecified atom stereocenters. The number of aromatic nitrogens is 9. The highest BCUT2D eigenvalue weighted by atomic mass is 32.1. The van der Waals surface area contributed by atoms with Gasteiger partial charge in [0.2, 0.25) is 5.78 Å². The topological polar surface area (TPSA) is 80.9 Å². The summed E-state index contributed by atoms with van der Waals surface area (Å²) >= 11 is 1.83. The summed E-state index contributed by atoms with van der Waals surface area (Å²) in [6.07, 6.45) is 3.97. The minimum Gasteiger partial charge on any atom is -0.456 e. The number of imidazole rings is 2. The Morgan fingerprint density at radius 2 is 0.845 bits per heavy atom. The Balaban J connectivity index is 0.744. The van der Waals surface area contributed by atoms with Crippen molar-refractivity contribution in [2.24, 2.45) is 0 Å². The molecule has 0 N–H and O–H groups in total. The summed E-state index contributed by atoms with van der Waals surface area (Å²) in [5.41, 5.74) is 19.7. The number of rotatable bonds is 12. The Hall–Kier alpha value is -14.7. The Morgan fingerprint density at radius 3 is 1.58 bits per heavy atom. The molecule has 10 heterocycles. The van der Waals surface area contributed by atoms with Gasteiger partial charge in [-0.15, -0.1) is 11.3 Å². The maximum atomic E-state index is 7.36. The second-order valence-electron chi connectivity index (χ2n) is 30.5. The molecule has 0 atom stereocenters. The van der Waals surface area contributed by atoms with Crippen molar-refractivity contribution >= 4 is 206 Å². The number of fused-ring (bicyclic) bond motifs is 22. The van der Waals surface area contributed by atoms with E-state index in [1.165, 1.54) is 57.1 Å². The molecule has 10 aromatic heterocycles. The van der Waals surface area contributed by atoms with E-state index in [0.29, 0.717) is 0 Å². The lowest BCUT2D eigenvalue weighted by Gasteiger charge is -2.36. The second-order valence-corrected chi connectivity index (χ2v) is 38.6. The molecule has 116 heavy (non-hydrogen) atoms. The van der Waals surface area contributed by atoms with E-state index in [2.05, 4.69) is 409 Å². The van der Waals surface area contributed by atoms with E-state index in [0.717, 1.165) is 149 Å². The molecule has 25 aromatic rings. The van der Waals surface area contributed by atoms with Crippen molar-refractivity contribution in [1.29, 1.82) is 0 Å². The fraction of sp³-hybridized carbons (Fsp3) is 0. The number of hydrogen-bond acceptors (Lipinski definition) is 5. The van der Waals surface area contributed by atoms with Crippen LogP contribution in [0.25, 0.3) is 175 Å². The number of nitrogens with zero attached hydrogens (tertiary/aromatic N) is 9. The summed E-state index contributed by atoms with van der Waals surface area (Å²) in [4.78, 5) is 17.1. The quantitative estimate of drug-likeness (QED) is 0.0902. The molecule has 0 spiro atoms. The number of hydrogen-bond donors (Lipinski definition) is 0. The molecule has 0 radical (unpaired) electrons. The molecule has 0 bridgehead atoms. The fourth-order valence-electron chi connectivity index (χ4n) is 20.0. The third-order valence-corrected chi connectivity index (χ3v) is 34.9. The van der Waals surface area contributed by atoms with Crippen molar-refractivity contribution in [2.75, 3.05) is 0 Å². The van der Waals surface area contributed by atoms with Gasteiger partial charge in [0.1, 0.15) is 22.3 Å². The molecule has 0 aliphatic rings. The summed E-state index contributed by atoms with van der Waals surface area (Å²) in [5, 5.41) is 18.5. The van der Waals surface area contributed by atoms with E-state index < -0.39 is 16.5 Å². The molecule has 0 aliphatic heterocycles. The van der Waals surface area contributed by atoms with Crippen LogP contribution in [0.2, 0.25) is 0 Å². The number of pyridine rings is 2. The molecular weight excluding hydrogens is 1470 g/mol. The van der Waals surface area contributed by atoms with Gasteiger partial charge in [0, 0.05) is 97.7 Å². The molecule has 25 rings (SSSR count). The monoisotopic (exact) mass is 1530 g/mol. The Bertz CT molecular complexity index is 8280. The van der Waals surface area contributed by atoms with Crippen LogP contribution in [0.4, 0.5) is 0 Å². The maximum Gasteiger partial charge on any atom is 0.280 e. The first-order chi connectivity index (χ1) is 57.6. The van der Waals surface area contributed by atoms with Gasteiger partial charge in [-0.25, -0.2) is 4.98 Å². The SMILES string of the molecule is c1ccc(-n2c3ccccc3c3cc(-n4c5ccccc5c5c6cc(-c7ccc8c(c7)c7ncccc7n8-c7cccc8c7nc7n([Si](c9ccccc9)(c9ccccc9)c9nccc%10sc%11ccccc%11c9%10)c9ccccc9n87)ccc6n([Si](c6ccccc6)(c6ccccc6)c6cccc7c6oc6ccccc67)c54)ccc32)cc1. The zero-order valence-electron chi connectivity index (χ0n) is 62.4. The fourth-order valence-corrected chi connectivity index (χ4v) is 31.1. The first-order valence-electron chi connectivity index (χ1n) is 39.5. The van der Waals surface area contributed by atoms with E-state index in [9.17, 15) is 0 Å². The van der Waals surface area contributed by atoms with Crippen molar-refractivity contribution in [2.45, 2.75) is 0 Å². The van der Waals surface area contributed by atoms with Crippen LogP contribution in [-0.4, -0.2) is 58.0 Å². The van der Waals surface area contributed by atoms with E-state index in [4.69, 9.17) is 19.4 Å². The van der Waals surface area contributed by atoms with Gasteiger partial charge < -0.3 is 22.0 Å². The van der Waals surface area contributed by atoms with Gasteiger partial charge in [0.05, 0.1) is 60.7 Å². The molecule has 0 amide bonds. The van der Waals surface area contributed by atoms with Crippen LogP contribution in [0, 0.1) is 0 Å². The van der Waals surface area contributed by atoms with Gasteiger partial charge in [-0.2, -0.15) is 0 Å². The molecule has 542 valence electrons. The smallest absolute Gasteiger partial charge is 0.280 e. The standard InChI is InChI=1S/C103H65N9OSSi2/c1-6-29-68(30-7-1)107-82-44-20-16-39-74(82)79-65-69(56-59-84(79)107)108-83-45-21-17-41-77(83)96-80-63-66(55-58-86(80)111(102(96)108)115(70-31-8-2-9-32-70,71-33-10-3-11-34-71)95-53-26-43-76-75-40-18-24-51-92(75)113-100(76)95)67-54-57-85-81(64-67)98-89(50-28-61-104-98)109(85)90-48-27-49-91-99(90)106-103-110(91)87-46-22-23-47-88(87)112(103)116(72-35-12-4-13-36-72,73-37-14-5-15-38-73)101-97-78-42-19-25-52-93(78)114-94(97)60-62-105-101/h1-65H. The van der Waals surface area contributed by atoms with E-state index in [1.807, 2.05) is 23.7 Å². The van der Waals surface area contributed by atoms with Gasteiger partial charge in [-0.3, -0.25) is 18.9 Å². The van der Waals surface area contributed by atoms with Crippen LogP contribution in [0.3, 0.4) is 0 Å². The highest BCUT2D eigenvalue weighted by Crippen LogP contribution is 2.47. The predicted molar refractivity (Wildman–Crippen MR) is 487 cm³/mol. The lowest BCUT2D eigenvalue weighted by atomic mass is 10.0. The minimum absolute atomic E-state index is 0.848. The van der Waals surface area contributed by atoms with Crippen LogP contribution in [0.5, 0.6) is 0 Å². The molecule has 0 fully saturated rings. The van der Waals surface area contributed by atoms with Crippen molar-refractivity contribution in [3.05, 3.63) is 395 Å². The first kappa shape index (κ1) is 64.9. The van der Waals surface area contributed by atoms with Crippen LogP contribution >= 0.6 is 11.3 Å². The summed E-state index contributed by atoms with van der Waals surface area (Å²) < 4.78 is 25.0. The number of thiophene rings is 1. The van der Waals surface area contributed by atoms with Crippen LogP contribution < -0.4 is 31.3 Å². The van der Waals surface area contributed by atoms with Gasteiger partial charge >= 0.3 is 0 Å². The number of furan rings is 1. The highest BCUT2D eigenvalue weighted by Gasteiger charge is 2.50. The average Bonchev–Trinajstić information content (AvgIpc) is 1.52. The second kappa shape index (κ2) is 24.9. The Morgan fingerprint density at radius 1 is 0.293 bits per heavy atom. The van der Waals surface area contributed by atoms with Gasteiger partial charge in [-0.1, -0.05) is 261 Å². The summed E-state index contributed by atoms with van der Waals surface area (Å²) in [5.74, 6) is 0.848. The minimum atomic E-state index is -3.70. The third-order valence-electron chi connectivity index (χ3n) is 24.7. The van der Waals surface area contributed by atoms with Crippen LogP contribution in [-0.2, 0) is 0 Å². The Labute approximate surface area is 669 Å². The zero-order chi connectivity index (χ0) is 75.9. The maximum absolute atomic E-state index is 7.36. The van der Waals surface area contributed by atoms with E-state index in [-0.39, 0.29) is 0 Å². The molecule has 0 saturated carbocycles.